The van der Waals surface area contributed by atoms with E-state index in [0.29, 0.717) is 18.9 Å². The van der Waals surface area contributed by atoms with Crippen molar-refractivity contribution < 1.29 is 14.3 Å². The lowest BCUT2D eigenvalue weighted by Crippen LogP contribution is -2.41. The quantitative estimate of drug-likeness (QED) is 0.791. The summed E-state index contributed by atoms with van der Waals surface area (Å²) in [5.41, 5.74) is 0. The maximum Gasteiger partial charge on any atom is 0.416 e. The highest BCUT2D eigenvalue weighted by atomic mass is 16.6. The van der Waals surface area contributed by atoms with Gasteiger partial charge in [0.1, 0.15) is 6.61 Å². The van der Waals surface area contributed by atoms with Crippen LogP contribution in [0.1, 0.15) is 59.3 Å². The zero-order valence-corrected chi connectivity index (χ0v) is 12.9. The molecule has 20 heavy (non-hydrogen) atoms. The van der Waals surface area contributed by atoms with E-state index in [1.807, 2.05) is 13.8 Å². The Bertz CT molecular complexity index is 359. The third-order valence-electron chi connectivity index (χ3n) is 4.85. The SMILES string of the molecule is CC1CCC(CCC(=O)N2C(=O)OC[C@@H]2C(C)C)CC1. The maximum atomic E-state index is 12.3. The van der Waals surface area contributed by atoms with Crippen LogP contribution in [-0.2, 0) is 9.53 Å². The molecule has 4 nitrogen and oxygen atoms in total. The largest absolute Gasteiger partial charge is 0.447 e. The minimum atomic E-state index is -0.453. The molecule has 1 aliphatic carbocycles. The van der Waals surface area contributed by atoms with Gasteiger partial charge in [-0.25, -0.2) is 9.69 Å². The number of hydrogen-bond donors (Lipinski definition) is 0. The topological polar surface area (TPSA) is 46.6 Å². The van der Waals surface area contributed by atoms with E-state index < -0.39 is 6.09 Å². The Morgan fingerprint density at radius 3 is 2.55 bits per heavy atom. The lowest BCUT2D eigenvalue weighted by atomic mass is 9.81. The van der Waals surface area contributed by atoms with Gasteiger partial charge in [-0.2, -0.15) is 0 Å². The molecule has 1 heterocycles. The first-order chi connectivity index (χ1) is 9.49. The first-order valence-corrected chi connectivity index (χ1v) is 7.97. The second kappa shape index (κ2) is 6.59. The lowest BCUT2D eigenvalue weighted by Gasteiger charge is -2.27. The molecule has 1 saturated carbocycles. The van der Waals surface area contributed by atoms with Crippen molar-refractivity contribution in [3.8, 4) is 0 Å². The van der Waals surface area contributed by atoms with E-state index in [1.165, 1.54) is 30.6 Å². The number of hydrogen-bond acceptors (Lipinski definition) is 3. The van der Waals surface area contributed by atoms with Gasteiger partial charge in [0.05, 0.1) is 6.04 Å². The molecule has 1 aliphatic heterocycles. The van der Waals surface area contributed by atoms with Gasteiger partial charge in [0, 0.05) is 6.42 Å². The third-order valence-corrected chi connectivity index (χ3v) is 4.85. The smallest absolute Gasteiger partial charge is 0.416 e. The zero-order valence-electron chi connectivity index (χ0n) is 12.9. The molecule has 2 amide bonds. The fourth-order valence-electron chi connectivity index (χ4n) is 3.28. The molecule has 2 fully saturated rings. The van der Waals surface area contributed by atoms with Gasteiger partial charge in [-0.05, 0) is 24.2 Å². The van der Waals surface area contributed by atoms with E-state index in [-0.39, 0.29) is 17.9 Å². The molecule has 0 unspecified atom stereocenters. The zero-order chi connectivity index (χ0) is 14.7. The van der Waals surface area contributed by atoms with Crippen LogP contribution in [0.2, 0.25) is 0 Å². The summed E-state index contributed by atoms with van der Waals surface area (Å²) in [6.07, 6.45) is 5.96. The van der Waals surface area contributed by atoms with Gasteiger partial charge in [-0.1, -0.05) is 46.5 Å². The molecule has 0 bridgehead atoms. The average molecular weight is 281 g/mol. The van der Waals surface area contributed by atoms with Gasteiger partial charge in [0.2, 0.25) is 5.91 Å². The van der Waals surface area contributed by atoms with E-state index in [2.05, 4.69) is 6.92 Å². The summed E-state index contributed by atoms with van der Waals surface area (Å²) in [6.45, 7) is 6.70. The van der Waals surface area contributed by atoms with E-state index >= 15 is 0 Å². The molecular formula is C16H27NO3. The summed E-state index contributed by atoms with van der Waals surface area (Å²) in [4.78, 5) is 25.4. The second-order valence-electron chi connectivity index (χ2n) is 6.82. The average Bonchev–Trinajstić information content (AvgIpc) is 2.80. The molecule has 2 rings (SSSR count). The Morgan fingerprint density at radius 1 is 1.30 bits per heavy atom. The Morgan fingerprint density at radius 2 is 1.95 bits per heavy atom. The van der Waals surface area contributed by atoms with Crippen molar-refractivity contribution >= 4 is 12.0 Å². The fourth-order valence-corrected chi connectivity index (χ4v) is 3.28. The number of amides is 2. The van der Waals surface area contributed by atoms with Crippen LogP contribution in [-0.4, -0.2) is 29.5 Å². The van der Waals surface area contributed by atoms with Gasteiger partial charge in [0.15, 0.2) is 0 Å². The molecular weight excluding hydrogens is 254 g/mol. The van der Waals surface area contributed by atoms with Crippen LogP contribution in [0.3, 0.4) is 0 Å². The summed E-state index contributed by atoms with van der Waals surface area (Å²) < 4.78 is 5.03. The molecule has 4 heteroatoms. The number of rotatable bonds is 4. The minimum Gasteiger partial charge on any atom is -0.447 e. The Hall–Kier alpha value is -1.06. The van der Waals surface area contributed by atoms with Crippen molar-refractivity contribution in [2.45, 2.75) is 65.3 Å². The predicted octanol–water partition coefficient (Wildman–Crippen LogP) is 3.60. The molecule has 0 aromatic heterocycles. The standard InChI is InChI=1S/C16H27NO3/c1-11(2)14-10-20-16(19)17(14)15(18)9-8-13-6-4-12(3)5-7-13/h11-14H,4-10H2,1-3H3/t12?,13?,14-/m1/s1. The number of carbonyl (C=O) groups is 2. The van der Waals surface area contributed by atoms with Crippen molar-refractivity contribution in [3.63, 3.8) is 0 Å². The first kappa shape index (κ1) is 15.3. The monoisotopic (exact) mass is 281 g/mol. The number of carbonyl (C=O) groups excluding carboxylic acids is 2. The van der Waals surface area contributed by atoms with Gasteiger partial charge in [0.25, 0.3) is 0 Å². The van der Waals surface area contributed by atoms with E-state index in [0.717, 1.165) is 12.3 Å². The molecule has 0 spiro atoms. The summed E-state index contributed by atoms with van der Waals surface area (Å²) in [5, 5.41) is 0. The molecule has 114 valence electrons. The van der Waals surface area contributed by atoms with Crippen LogP contribution in [0.5, 0.6) is 0 Å². The molecule has 1 atom stereocenters. The van der Waals surface area contributed by atoms with Crippen molar-refractivity contribution in [2.75, 3.05) is 6.61 Å². The Labute approximate surface area is 121 Å². The highest BCUT2D eigenvalue weighted by molar-refractivity contribution is 5.93. The Kier molecular flexibility index (Phi) is 5.06. The molecule has 0 N–H and O–H groups in total. The van der Waals surface area contributed by atoms with Crippen molar-refractivity contribution in [1.82, 2.24) is 4.90 Å². The second-order valence-corrected chi connectivity index (χ2v) is 6.82. The van der Waals surface area contributed by atoms with Crippen molar-refractivity contribution in [2.24, 2.45) is 17.8 Å². The summed E-state index contributed by atoms with van der Waals surface area (Å²) >= 11 is 0. The summed E-state index contributed by atoms with van der Waals surface area (Å²) in [5.74, 6) is 1.69. The van der Waals surface area contributed by atoms with Gasteiger partial charge in [-0.15, -0.1) is 0 Å². The first-order valence-electron chi connectivity index (χ1n) is 7.97. The van der Waals surface area contributed by atoms with Crippen LogP contribution < -0.4 is 0 Å². The van der Waals surface area contributed by atoms with E-state index in [1.54, 1.807) is 0 Å². The minimum absolute atomic E-state index is 0.0511. The highest BCUT2D eigenvalue weighted by Gasteiger charge is 2.39. The van der Waals surface area contributed by atoms with Gasteiger partial charge < -0.3 is 4.74 Å². The number of ether oxygens (including phenoxy) is 1. The van der Waals surface area contributed by atoms with Crippen LogP contribution in [0, 0.1) is 17.8 Å². The van der Waals surface area contributed by atoms with Crippen LogP contribution >= 0.6 is 0 Å². The van der Waals surface area contributed by atoms with Crippen molar-refractivity contribution in [1.29, 1.82) is 0 Å². The Balaban J connectivity index is 1.83. The highest BCUT2D eigenvalue weighted by Crippen LogP contribution is 2.31. The number of cyclic esters (lactones) is 1. The van der Waals surface area contributed by atoms with Crippen LogP contribution in [0.25, 0.3) is 0 Å². The van der Waals surface area contributed by atoms with Gasteiger partial charge in [-0.3, -0.25) is 4.79 Å². The summed E-state index contributed by atoms with van der Waals surface area (Å²) in [7, 11) is 0. The molecule has 0 aromatic carbocycles. The molecule has 2 aliphatic rings. The van der Waals surface area contributed by atoms with Crippen LogP contribution in [0.4, 0.5) is 4.79 Å². The normalized spacial score (nSPS) is 30.7. The van der Waals surface area contributed by atoms with Crippen molar-refractivity contribution in [3.05, 3.63) is 0 Å². The third kappa shape index (κ3) is 3.53. The number of nitrogens with zero attached hydrogens (tertiary/aromatic N) is 1. The molecule has 0 radical (unpaired) electrons. The fraction of sp³-hybridized carbons (Fsp3) is 0.875. The molecule has 0 aromatic rings. The molecule has 1 saturated heterocycles. The summed E-state index contributed by atoms with van der Waals surface area (Å²) in [6, 6.07) is -0.0821. The van der Waals surface area contributed by atoms with Gasteiger partial charge >= 0.3 is 6.09 Å². The lowest BCUT2D eigenvalue weighted by molar-refractivity contribution is -0.130. The maximum absolute atomic E-state index is 12.3. The predicted molar refractivity (Wildman–Crippen MR) is 77.2 cm³/mol. The number of imide groups is 1. The van der Waals surface area contributed by atoms with Crippen LogP contribution in [0.15, 0.2) is 0 Å². The van der Waals surface area contributed by atoms with E-state index in [9.17, 15) is 9.59 Å². The van der Waals surface area contributed by atoms with E-state index in [4.69, 9.17) is 4.74 Å².